The molecule has 0 spiro atoms. The molecule has 4 N–H and O–H groups in total. The number of halogens is 2. The zero-order valence-corrected chi connectivity index (χ0v) is 26.1. The van der Waals surface area contributed by atoms with Crippen LogP contribution >= 0.6 is 11.6 Å². The number of phenols is 1. The van der Waals surface area contributed by atoms with E-state index in [1.165, 1.54) is 27.5 Å². The first-order valence-electron chi connectivity index (χ1n) is 14.8. The molecule has 17 heteroatoms. The minimum absolute atomic E-state index is 0.0359. The maximum Gasteiger partial charge on any atom is 0.263 e. The number of benzene rings is 1. The van der Waals surface area contributed by atoms with Crippen molar-refractivity contribution in [2.75, 3.05) is 50.3 Å². The molecule has 2 amide bonds. The lowest BCUT2D eigenvalue weighted by molar-refractivity contribution is -0.116. The van der Waals surface area contributed by atoms with Crippen LogP contribution in [0.25, 0.3) is 22.2 Å². The molecule has 47 heavy (non-hydrogen) atoms. The average Bonchev–Trinajstić information content (AvgIpc) is 3.66. The molecule has 3 aliphatic heterocycles. The number of carbonyl (C=O) groups excluding carboxylic acids is 2. The Bertz CT molecular complexity index is 2030. The minimum Gasteiger partial charge on any atom is -0.504 e. The van der Waals surface area contributed by atoms with Crippen molar-refractivity contribution in [3.63, 3.8) is 0 Å². The number of fused-ring (bicyclic) bond motifs is 3. The Hall–Kier alpha value is -4.93. The van der Waals surface area contributed by atoms with E-state index in [1.807, 2.05) is 18.9 Å². The van der Waals surface area contributed by atoms with Crippen LogP contribution in [-0.4, -0.2) is 87.0 Å². The number of piperazine rings is 1. The molecule has 3 aliphatic rings. The number of hydrogen-bond acceptors (Lipinski definition) is 11. The standard InChI is InChI=1S/C30H30ClFN8O7/c1-14-9-37(2)3-4-39(14)19-8-18(23(31)27(32)35-19)34-21(41)11-38-10-17(22-29(38)36-20-12-45-6-5-40(20)30(22)44)15-7-16(28(33)43)24(42)26-25(15)46-13-47-26/h7-8,10,14,42H,3-6,9,11-13H2,1-2H3,(H2,33,43)(H,34,35,41)/t14-/m0/s1. The van der Waals surface area contributed by atoms with E-state index in [2.05, 4.69) is 20.2 Å². The summed E-state index contributed by atoms with van der Waals surface area (Å²) in [7, 11) is 2.00. The van der Waals surface area contributed by atoms with Gasteiger partial charge in [-0.1, -0.05) is 11.6 Å². The molecule has 0 bridgehead atoms. The van der Waals surface area contributed by atoms with Crippen molar-refractivity contribution in [2.24, 2.45) is 5.73 Å². The van der Waals surface area contributed by atoms with Gasteiger partial charge in [0, 0.05) is 49.1 Å². The van der Waals surface area contributed by atoms with Crippen molar-refractivity contribution < 1.29 is 33.3 Å². The third-order valence-corrected chi connectivity index (χ3v) is 8.89. The first-order valence-corrected chi connectivity index (χ1v) is 15.2. The van der Waals surface area contributed by atoms with Crippen molar-refractivity contribution in [3.8, 4) is 28.4 Å². The van der Waals surface area contributed by atoms with E-state index in [0.29, 0.717) is 24.8 Å². The van der Waals surface area contributed by atoms with E-state index < -0.39 is 29.1 Å². The summed E-state index contributed by atoms with van der Waals surface area (Å²) in [6.07, 6.45) is 1.51. The van der Waals surface area contributed by atoms with Crippen LogP contribution in [0.1, 0.15) is 23.1 Å². The lowest BCUT2D eigenvalue weighted by Crippen LogP contribution is -2.50. The number of hydrogen-bond donors (Lipinski definition) is 3. The molecule has 0 saturated carbocycles. The summed E-state index contributed by atoms with van der Waals surface area (Å²) in [5.41, 5.74) is 5.55. The average molecular weight is 669 g/mol. The molecule has 6 heterocycles. The molecule has 7 rings (SSSR count). The molecule has 3 aromatic heterocycles. The number of primary amides is 1. The van der Waals surface area contributed by atoms with Crippen molar-refractivity contribution in [1.29, 1.82) is 0 Å². The van der Waals surface area contributed by atoms with Gasteiger partial charge in [-0.3, -0.25) is 19.0 Å². The number of aromatic hydroxyl groups is 1. The van der Waals surface area contributed by atoms with Gasteiger partial charge in [-0.25, -0.2) is 9.97 Å². The summed E-state index contributed by atoms with van der Waals surface area (Å²) in [6.45, 7) is 4.13. The van der Waals surface area contributed by atoms with Gasteiger partial charge in [0.1, 0.15) is 35.5 Å². The van der Waals surface area contributed by atoms with Gasteiger partial charge in [-0.15, -0.1) is 0 Å². The van der Waals surface area contributed by atoms with Gasteiger partial charge in [-0.05, 0) is 20.0 Å². The topological polar surface area (TPSA) is 179 Å². The molecular formula is C30H30ClFN8O7. The maximum absolute atomic E-state index is 14.9. The summed E-state index contributed by atoms with van der Waals surface area (Å²) in [5.74, 6) is -2.25. The maximum atomic E-state index is 14.9. The number of pyridine rings is 1. The van der Waals surface area contributed by atoms with Gasteiger partial charge in [-0.2, -0.15) is 4.39 Å². The second-order valence-corrected chi connectivity index (χ2v) is 12.0. The van der Waals surface area contributed by atoms with Crippen LogP contribution in [0.4, 0.5) is 15.9 Å². The summed E-state index contributed by atoms with van der Waals surface area (Å²) in [4.78, 5) is 52.5. The molecule has 1 saturated heterocycles. The molecule has 0 aliphatic carbocycles. The molecule has 1 atom stereocenters. The van der Waals surface area contributed by atoms with E-state index in [4.69, 9.17) is 31.5 Å². The largest absolute Gasteiger partial charge is 0.504 e. The fourth-order valence-corrected chi connectivity index (χ4v) is 6.43. The van der Waals surface area contributed by atoms with E-state index in [0.717, 1.165) is 13.1 Å². The predicted octanol–water partition coefficient (Wildman–Crippen LogP) is 1.89. The highest BCUT2D eigenvalue weighted by Gasteiger charge is 2.31. The number of nitrogens with zero attached hydrogens (tertiary/aromatic N) is 6. The number of nitrogens with one attached hydrogen (secondary N) is 1. The Balaban J connectivity index is 1.30. The molecule has 246 valence electrons. The monoisotopic (exact) mass is 668 g/mol. The van der Waals surface area contributed by atoms with E-state index >= 15 is 0 Å². The number of rotatable bonds is 6. The van der Waals surface area contributed by atoms with Gasteiger partial charge >= 0.3 is 0 Å². The summed E-state index contributed by atoms with van der Waals surface area (Å²) in [5, 5.41) is 13.1. The lowest BCUT2D eigenvalue weighted by Gasteiger charge is -2.39. The van der Waals surface area contributed by atoms with Crippen LogP contribution in [0.3, 0.4) is 0 Å². The van der Waals surface area contributed by atoms with Crippen LogP contribution < -0.4 is 31.0 Å². The molecule has 0 unspecified atom stereocenters. The highest BCUT2D eigenvalue weighted by atomic mass is 35.5. The van der Waals surface area contributed by atoms with E-state index in [-0.39, 0.29) is 82.5 Å². The van der Waals surface area contributed by atoms with Crippen LogP contribution in [0.5, 0.6) is 17.2 Å². The normalized spacial score (nSPS) is 17.6. The summed E-state index contributed by atoms with van der Waals surface area (Å²) >= 11 is 6.26. The SMILES string of the molecule is C[C@H]1CN(C)CCN1c1cc(NC(=O)Cn2cc(-c3cc(C(N)=O)c(O)c4c3OCO4)c3c(=O)n4c(nc32)COCC4)c(Cl)c(F)n1. The van der Waals surface area contributed by atoms with Crippen molar-refractivity contribution in [2.45, 2.75) is 32.7 Å². The third-order valence-electron chi connectivity index (χ3n) is 8.53. The third kappa shape index (κ3) is 5.27. The quantitative estimate of drug-likeness (QED) is 0.256. The summed E-state index contributed by atoms with van der Waals surface area (Å²) < 4.78 is 34.4. The number of amides is 2. The first-order chi connectivity index (χ1) is 22.5. The zero-order chi connectivity index (χ0) is 33.1. The zero-order valence-electron chi connectivity index (χ0n) is 25.4. The Morgan fingerprint density at radius 3 is 2.72 bits per heavy atom. The smallest absolute Gasteiger partial charge is 0.263 e. The number of carbonyl (C=O) groups is 2. The Labute approximate surface area is 271 Å². The molecule has 15 nitrogen and oxygen atoms in total. The van der Waals surface area contributed by atoms with E-state index in [1.54, 1.807) is 0 Å². The second kappa shape index (κ2) is 11.7. The number of nitrogens with two attached hydrogens (primary N) is 1. The molecule has 0 radical (unpaired) electrons. The number of anilines is 2. The second-order valence-electron chi connectivity index (χ2n) is 11.6. The molecule has 1 fully saturated rings. The van der Waals surface area contributed by atoms with Crippen molar-refractivity contribution >= 4 is 46.0 Å². The number of aromatic nitrogens is 4. The van der Waals surface area contributed by atoms with Gasteiger partial charge in [0.25, 0.3) is 11.5 Å². The fraction of sp³-hybridized carbons (Fsp3) is 0.367. The van der Waals surface area contributed by atoms with Gasteiger partial charge in [0.15, 0.2) is 11.5 Å². The number of ether oxygens (including phenoxy) is 3. The Kier molecular flexibility index (Phi) is 7.65. The van der Waals surface area contributed by atoms with Crippen molar-refractivity contribution in [3.05, 3.63) is 51.0 Å². The lowest BCUT2D eigenvalue weighted by atomic mass is 10.00. The molecular weight excluding hydrogens is 639 g/mol. The molecule has 4 aromatic rings. The van der Waals surface area contributed by atoms with Gasteiger partial charge in [0.2, 0.25) is 24.4 Å². The Morgan fingerprint density at radius 2 is 1.96 bits per heavy atom. The van der Waals surface area contributed by atoms with Gasteiger partial charge in [0.05, 0.1) is 29.8 Å². The minimum atomic E-state index is -0.929. The summed E-state index contributed by atoms with van der Waals surface area (Å²) in [6, 6.07) is 2.88. The highest BCUT2D eigenvalue weighted by Crippen LogP contribution is 2.50. The van der Waals surface area contributed by atoms with Crippen LogP contribution in [0, 0.1) is 5.95 Å². The fourth-order valence-electron chi connectivity index (χ4n) is 6.29. The van der Waals surface area contributed by atoms with Crippen LogP contribution in [-0.2, 0) is 29.2 Å². The van der Waals surface area contributed by atoms with Crippen LogP contribution in [0.2, 0.25) is 5.02 Å². The highest BCUT2D eigenvalue weighted by molar-refractivity contribution is 6.33. The first kappa shape index (κ1) is 30.7. The Morgan fingerprint density at radius 1 is 1.17 bits per heavy atom. The van der Waals surface area contributed by atoms with Crippen LogP contribution in [0.15, 0.2) is 23.1 Å². The van der Waals surface area contributed by atoms with Crippen molar-refractivity contribution in [1.82, 2.24) is 24.0 Å². The van der Waals surface area contributed by atoms with E-state index in [9.17, 15) is 23.9 Å². The predicted molar refractivity (Wildman–Crippen MR) is 168 cm³/mol. The molecule has 1 aromatic carbocycles. The number of likely N-dealkylation sites (N-methyl/N-ethyl adjacent to an activating group) is 1. The van der Waals surface area contributed by atoms with Gasteiger partial charge < -0.3 is 44.7 Å².